The van der Waals surface area contributed by atoms with E-state index >= 15 is 0 Å². The number of benzene rings is 1. The molecule has 0 amide bonds. The largest absolute Gasteiger partial charge is 0.368 e. The molecule has 1 atom stereocenters. The first-order valence-corrected chi connectivity index (χ1v) is 9.64. The van der Waals surface area contributed by atoms with Crippen molar-refractivity contribution < 1.29 is 8.78 Å². The number of nitrogens with zero attached hydrogens (tertiary/aromatic N) is 5. The van der Waals surface area contributed by atoms with E-state index in [1.54, 1.807) is 29.5 Å². The topological polar surface area (TPSA) is 82.5 Å². The maximum atomic E-state index is 13.7. The molecule has 3 aromatic heterocycles. The van der Waals surface area contributed by atoms with Crippen LogP contribution in [0, 0.1) is 23.5 Å². The normalized spacial score (nSPS) is 14.7. The van der Waals surface area contributed by atoms with Crippen molar-refractivity contribution in [2.24, 2.45) is 0 Å². The Bertz CT molecular complexity index is 1310. The second-order valence-corrected chi connectivity index (χ2v) is 7.29. The van der Waals surface area contributed by atoms with Gasteiger partial charge in [0.1, 0.15) is 11.6 Å². The Morgan fingerprint density at radius 2 is 1.68 bits per heavy atom. The van der Waals surface area contributed by atoms with Crippen molar-refractivity contribution in [2.45, 2.75) is 18.8 Å². The average molecular weight is 414 g/mol. The number of nitrogen functional groups attached to an aromatic ring is 1. The number of hydrogen-bond donors (Lipinski definition) is 1. The Morgan fingerprint density at radius 3 is 2.45 bits per heavy atom. The second-order valence-electron chi connectivity index (χ2n) is 7.29. The molecule has 2 N–H and O–H groups in total. The van der Waals surface area contributed by atoms with Crippen LogP contribution in [0.2, 0.25) is 0 Å². The minimum Gasteiger partial charge on any atom is -0.368 e. The van der Waals surface area contributed by atoms with E-state index < -0.39 is 11.6 Å². The number of aromatic nitrogens is 5. The van der Waals surface area contributed by atoms with Gasteiger partial charge < -0.3 is 5.73 Å². The van der Waals surface area contributed by atoms with Crippen LogP contribution in [-0.2, 0) is 6.42 Å². The van der Waals surface area contributed by atoms with Crippen molar-refractivity contribution >= 4 is 5.95 Å². The fraction of sp³-hybridized carbons (Fsp3) is 0.130. The van der Waals surface area contributed by atoms with Crippen LogP contribution in [0.25, 0.3) is 5.69 Å². The number of nitrogens with two attached hydrogens (primary N) is 1. The minimum atomic E-state index is -0.579. The van der Waals surface area contributed by atoms with Crippen LogP contribution in [0.3, 0.4) is 0 Å². The van der Waals surface area contributed by atoms with E-state index in [0.717, 1.165) is 35.9 Å². The summed E-state index contributed by atoms with van der Waals surface area (Å²) >= 11 is 0. The molecule has 6 nitrogen and oxygen atoms in total. The Labute approximate surface area is 176 Å². The molecule has 152 valence electrons. The van der Waals surface area contributed by atoms with Crippen LogP contribution in [0.15, 0.2) is 55.2 Å². The van der Waals surface area contributed by atoms with Gasteiger partial charge in [0, 0.05) is 42.3 Å². The summed E-state index contributed by atoms with van der Waals surface area (Å²) in [6.45, 7) is 0. The second kappa shape index (κ2) is 7.61. The zero-order valence-corrected chi connectivity index (χ0v) is 16.3. The van der Waals surface area contributed by atoms with Gasteiger partial charge in [-0.1, -0.05) is 11.8 Å². The summed E-state index contributed by atoms with van der Waals surface area (Å²) in [4.78, 5) is 12.1. The Morgan fingerprint density at radius 1 is 0.935 bits per heavy atom. The molecular formula is C23H16F2N6. The van der Waals surface area contributed by atoms with Gasteiger partial charge in [-0.2, -0.15) is 5.10 Å². The molecule has 3 heterocycles. The van der Waals surface area contributed by atoms with Gasteiger partial charge in [0.2, 0.25) is 5.95 Å². The van der Waals surface area contributed by atoms with Gasteiger partial charge in [0.05, 0.1) is 23.1 Å². The number of pyridine rings is 1. The van der Waals surface area contributed by atoms with Gasteiger partial charge in [0.25, 0.3) is 0 Å². The molecule has 0 radical (unpaired) electrons. The molecule has 1 aliphatic carbocycles. The molecular weight excluding hydrogens is 398 g/mol. The summed E-state index contributed by atoms with van der Waals surface area (Å²) < 4.78 is 29.1. The van der Waals surface area contributed by atoms with E-state index in [2.05, 4.69) is 26.8 Å². The first kappa shape index (κ1) is 18.9. The third-order valence-electron chi connectivity index (χ3n) is 5.15. The highest BCUT2D eigenvalue weighted by molar-refractivity contribution is 5.46. The summed E-state index contributed by atoms with van der Waals surface area (Å²) in [6, 6.07) is 5.50. The summed E-state index contributed by atoms with van der Waals surface area (Å²) in [5, 5.41) is 4.70. The molecule has 1 aliphatic rings. The van der Waals surface area contributed by atoms with Gasteiger partial charge >= 0.3 is 0 Å². The summed E-state index contributed by atoms with van der Waals surface area (Å²) in [5.74, 6) is 4.90. The number of rotatable bonds is 2. The Kier molecular flexibility index (Phi) is 4.64. The first-order valence-electron chi connectivity index (χ1n) is 9.64. The van der Waals surface area contributed by atoms with Crippen LogP contribution in [0.4, 0.5) is 14.7 Å². The average Bonchev–Trinajstić information content (AvgIpc) is 3.34. The molecule has 0 saturated carbocycles. The molecule has 0 unspecified atom stereocenters. The van der Waals surface area contributed by atoms with Gasteiger partial charge in [0.15, 0.2) is 0 Å². The summed E-state index contributed by atoms with van der Waals surface area (Å²) in [5.41, 5.74) is 10.1. The standard InChI is InChI=1S/C23H16F2N6/c24-18-6-17(7-19(25)8-18)21-4-3-16-13-31(30-22(16)21)20-5-14(9-27-12-20)1-2-15-10-28-23(26)29-11-15/h5-13,21H,3-4H2,(H2,26,28,29)/t21-/m0/s1. The van der Waals surface area contributed by atoms with Crippen molar-refractivity contribution in [3.63, 3.8) is 0 Å². The molecule has 0 fully saturated rings. The quantitative estimate of drug-likeness (QED) is 0.509. The van der Waals surface area contributed by atoms with Crippen LogP contribution in [0.5, 0.6) is 0 Å². The fourth-order valence-electron chi connectivity index (χ4n) is 3.75. The lowest BCUT2D eigenvalue weighted by atomic mass is 9.97. The molecule has 8 heteroatoms. The van der Waals surface area contributed by atoms with Crippen molar-refractivity contribution in [1.82, 2.24) is 24.7 Å². The van der Waals surface area contributed by atoms with Crippen molar-refractivity contribution in [2.75, 3.05) is 5.73 Å². The lowest BCUT2D eigenvalue weighted by molar-refractivity contribution is 0.575. The van der Waals surface area contributed by atoms with Crippen molar-refractivity contribution in [3.05, 3.63) is 94.8 Å². The van der Waals surface area contributed by atoms with Gasteiger partial charge in [-0.25, -0.2) is 23.4 Å². The smallest absolute Gasteiger partial charge is 0.219 e. The number of anilines is 1. The molecule has 0 aliphatic heterocycles. The van der Waals surface area contributed by atoms with Gasteiger partial charge in [-0.15, -0.1) is 0 Å². The SMILES string of the molecule is Nc1ncc(C#Cc2cncc(-n3cc4c(n3)[C@H](c3cc(F)cc(F)c3)CC4)c2)cn1. The molecule has 1 aromatic carbocycles. The highest BCUT2D eigenvalue weighted by atomic mass is 19.1. The maximum Gasteiger partial charge on any atom is 0.219 e. The number of aryl methyl sites for hydroxylation is 1. The lowest BCUT2D eigenvalue weighted by Gasteiger charge is -2.10. The van der Waals surface area contributed by atoms with Crippen LogP contribution >= 0.6 is 0 Å². The first-order chi connectivity index (χ1) is 15.0. The zero-order chi connectivity index (χ0) is 21.4. The number of fused-ring (bicyclic) bond motifs is 1. The third kappa shape index (κ3) is 3.85. The molecule has 4 aromatic rings. The maximum absolute atomic E-state index is 13.7. The Balaban J connectivity index is 1.44. The highest BCUT2D eigenvalue weighted by Crippen LogP contribution is 2.38. The lowest BCUT2D eigenvalue weighted by Crippen LogP contribution is -2.03. The van der Waals surface area contributed by atoms with E-state index in [0.29, 0.717) is 16.7 Å². The number of halogens is 2. The van der Waals surface area contributed by atoms with Crippen LogP contribution in [-0.4, -0.2) is 24.7 Å². The number of hydrogen-bond acceptors (Lipinski definition) is 5. The van der Waals surface area contributed by atoms with Crippen LogP contribution < -0.4 is 5.73 Å². The van der Waals surface area contributed by atoms with Gasteiger partial charge in [-0.3, -0.25) is 4.98 Å². The van der Waals surface area contributed by atoms with E-state index in [9.17, 15) is 8.78 Å². The van der Waals surface area contributed by atoms with Gasteiger partial charge in [-0.05, 0) is 42.2 Å². The molecule has 0 spiro atoms. The molecule has 0 saturated heterocycles. The minimum absolute atomic E-state index is 0.136. The van der Waals surface area contributed by atoms with Crippen molar-refractivity contribution in [3.8, 4) is 17.5 Å². The van der Waals surface area contributed by atoms with Crippen molar-refractivity contribution in [1.29, 1.82) is 0 Å². The molecule has 31 heavy (non-hydrogen) atoms. The van der Waals surface area contributed by atoms with Crippen LogP contribution in [0.1, 0.15) is 40.3 Å². The van der Waals surface area contributed by atoms with E-state index in [4.69, 9.17) is 10.8 Å². The monoisotopic (exact) mass is 414 g/mol. The van der Waals surface area contributed by atoms with E-state index in [1.807, 2.05) is 12.3 Å². The third-order valence-corrected chi connectivity index (χ3v) is 5.15. The molecule has 0 bridgehead atoms. The van der Waals surface area contributed by atoms with E-state index in [-0.39, 0.29) is 11.9 Å². The Hall–Kier alpha value is -4.12. The summed E-state index contributed by atoms with van der Waals surface area (Å²) in [7, 11) is 0. The zero-order valence-electron chi connectivity index (χ0n) is 16.3. The highest BCUT2D eigenvalue weighted by Gasteiger charge is 2.28. The fourth-order valence-corrected chi connectivity index (χ4v) is 3.75. The van der Waals surface area contributed by atoms with E-state index in [1.165, 1.54) is 12.1 Å². The molecule has 5 rings (SSSR count). The predicted octanol–water partition coefficient (Wildman–Crippen LogP) is 3.40. The summed E-state index contributed by atoms with van der Waals surface area (Å²) in [6.07, 6.45) is 9.96. The predicted molar refractivity (Wildman–Crippen MR) is 110 cm³/mol.